The Labute approximate surface area is 164 Å². The molecule has 0 radical (unpaired) electrons. The number of carbonyl (C=O) groups excluding carboxylic acids is 2. The Balaban J connectivity index is 1.51. The van der Waals surface area contributed by atoms with Crippen LogP contribution < -0.4 is 4.90 Å². The highest BCUT2D eigenvalue weighted by molar-refractivity contribution is 6.31. The standard InChI is InChI=1S/C23H22ClNO2/c1-12-6-7-13(2)17(8-12)18-9-14-10-19(18)21-20(14)22(26)25(23(21)27)16-5-3-4-15(24)11-16/h3-8,11,14,18-21H,9-10H2,1-2H3/t14-,18-,19+,20+,21-/m0/s1. The van der Waals surface area contributed by atoms with Crippen molar-refractivity contribution in [1.29, 1.82) is 0 Å². The number of halogens is 1. The Morgan fingerprint density at radius 1 is 0.963 bits per heavy atom. The van der Waals surface area contributed by atoms with Crippen LogP contribution >= 0.6 is 11.6 Å². The first-order valence-electron chi connectivity index (χ1n) is 9.66. The number of benzene rings is 2. The van der Waals surface area contributed by atoms with E-state index in [4.69, 9.17) is 11.6 Å². The normalized spacial score (nSPS) is 31.7. The minimum absolute atomic E-state index is 0.0285. The summed E-state index contributed by atoms with van der Waals surface area (Å²) in [4.78, 5) is 27.8. The van der Waals surface area contributed by atoms with Gasteiger partial charge in [0.25, 0.3) is 0 Å². The minimum atomic E-state index is -0.180. The molecule has 3 nitrogen and oxygen atoms in total. The molecule has 2 saturated carbocycles. The molecule has 27 heavy (non-hydrogen) atoms. The Bertz CT molecular complexity index is 969. The highest BCUT2D eigenvalue weighted by atomic mass is 35.5. The van der Waals surface area contributed by atoms with Gasteiger partial charge in [-0.15, -0.1) is 0 Å². The number of hydrogen-bond donors (Lipinski definition) is 0. The molecule has 2 bridgehead atoms. The van der Waals surface area contributed by atoms with Crippen LogP contribution in [0.5, 0.6) is 0 Å². The summed E-state index contributed by atoms with van der Waals surface area (Å²) in [6.45, 7) is 4.27. The van der Waals surface area contributed by atoms with Crippen LogP contribution in [0.1, 0.15) is 35.4 Å². The number of hydrogen-bond acceptors (Lipinski definition) is 2. The molecule has 1 heterocycles. The van der Waals surface area contributed by atoms with Crippen LogP contribution in [0.15, 0.2) is 42.5 Å². The number of anilines is 1. The van der Waals surface area contributed by atoms with Crippen molar-refractivity contribution in [3.05, 3.63) is 64.2 Å². The van der Waals surface area contributed by atoms with Crippen LogP contribution in [0.3, 0.4) is 0 Å². The van der Waals surface area contributed by atoms with E-state index in [1.54, 1.807) is 24.3 Å². The van der Waals surface area contributed by atoms with Crippen LogP contribution in [0, 0.1) is 37.5 Å². The molecule has 0 unspecified atom stereocenters. The fourth-order valence-electron chi connectivity index (χ4n) is 5.85. The number of rotatable bonds is 2. The van der Waals surface area contributed by atoms with E-state index in [0.717, 1.165) is 12.8 Å². The first kappa shape index (κ1) is 17.0. The lowest BCUT2D eigenvalue weighted by Gasteiger charge is -2.30. The van der Waals surface area contributed by atoms with Crippen molar-refractivity contribution in [2.24, 2.45) is 23.7 Å². The average Bonchev–Trinajstić information content (AvgIpc) is 3.28. The lowest BCUT2D eigenvalue weighted by atomic mass is 9.72. The first-order valence-corrected chi connectivity index (χ1v) is 10.0. The SMILES string of the molecule is Cc1ccc(C)c([C@@H]2C[C@H]3C[C@H]2[C@@H]2C(=O)N(c4cccc(Cl)c4)C(=O)[C@H]32)c1. The summed E-state index contributed by atoms with van der Waals surface area (Å²) in [5, 5.41) is 0.543. The third kappa shape index (κ3) is 2.41. The van der Waals surface area contributed by atoms with Gasteiger partial charge in [-0.2, -0.15) is 0 Å². The zero-order valence-electron chi connectivity index (χ0n) is 15.5. The van der Waals surface area contributed by atoms with Crippen molar-refractivity contribution in [3.63, 3.8) is 0 Å². The first-order chi connectivity index (χ1) is 13.0. The van der Waals surface area contributed by atoms with Crippen molar-refractivity contribution in [1.82, 2.24) is 0 Å². The molecule has 0 aromatic heterocycles. The third-order valence-electron chi connectivity index (χ3n) is 6.92. The number of nitrogens with zero attached hydrogens (tertiary/aromatic N) is 1. The van der Waals surface area contributed by atoms with E-state index in [-0.39, 0.29) is 29.6 Å². The van der Waals surface area contributed by atoms with E-state index in [9.17, 15) is 9.59 Å². The van der Waals surface area contributed by atoms with Crippen molar-refractivity contribution in [2.45, 2.75) is 32.6 Å². The molecule has 1 aliphatic heterocycles. The molecular weight excluding hydrogens is 358 g/mol. The zero-order valence-corrected chi connectivity index (χ0v) is 16.2. The second kappa shape index (κ2) is 5.93. The summed E-state index contributed by atoms with van der Waals surface area (Å²) in [5.74, 6) is 0.566. The fourth-order valence-corrected chi connectivity index (χ4v) is 6.03. The topological polar surface area (TPSA) is 37.4 Å². The maximum absolute atomic E-state index is 13.3. The van der Waals surface area contributed by atoms with E-state index in [0.29, 0.717) is 22.5 Å². The lowest BCUT2D eigenvalue weighted by molar-refractivity contribution is -0.123. The van der Waals surface area contributed by atoms with Gasteiger partial charge >= 0.3 is 0 Å². The third-order valence-corrected chi connectivity index (χ3v) is 7.15. The molecule has 2 amide bonds. The lowest BCUT2D eigenvalue weighted by Crippen LogP contribution is -2.33. The number of amides is 2. The van der Waals surface area contributed by atoms with Crippen molar-refractivity contribution < 1.29 is 9.59 Å². The van der Waals surface area contributed by atoms with Gasteiger partial charge in [0.15, 0.2) is 0 Å². The monoisotopic (exact) mass is 379 g/mol. The maximum Gasteiger partial charge on any atom is 0.237 e. The highest BCUT2D eigenvalue weighted by Crippen LogP contribution is 2.62. The Morgan fingerprint density at radius 3 is 2.52 bits per heavy atom. The Kier molecular flexibility index (Phi) is 3.74. The van der Waals surface area contributed by atoms with E-state index >= 15 is 0 Å². The van der Waals surface area contributed by atoms with E-state index in [1.807, 2.05) is 0 Å². The average molecular weight is 380 g/mol. The van der Waals surface area contributed by atoms with Crippen LogP contribution in [0.4, 0.5) is 5.69 Å². The molecule has 3 fully saturated rings. The number of fused-ring (bicyclic) bond motifs is 5. The Hall–Kier alpha value is -2.13. The number of imide groups is 1. The van der Waals surface area contributed by atoms with E-state index in [1.165, 1.54) is 21.6 Å². The summed E-state index contributed by atoms with van der Waals surface area (Å²) >= 11 is 6.10. The number of carbonyl (C=O) groups is 2. The highest BCUT2D eigenvalue weighted by Gasteiger charge is 2.64. The van der Waals surface area contributed by atoms with Gasteiger partial charge in [0.05, 0.1) is 17.5 Å². The van der Waals surface area contributed by atoms with E-state index < -0.39 is 0 Å². The van der Waals surface area contributed by atoms with Gasteiger partial charge in [0.1, 0.15) is 0 Å². The molecule has 1 saturated heterocycles. The van der Waals surface area contributed by atoms with Gasteiger partial charge in [-0.05, 0) is 73.8 Å². The predicted octanol–water partition coefficient (Wildman–Crippen LogP) is 4.89. The Morgan fingerprint density at radius 2 is 1.74 bits per heavy atom. The summed E-state index contributed by atoms with van der Waals surface area (Å²) in [6.07, 6.45) is 2.01. The zero-order chi connectivity index (χ0) is 18.9. The maximum atomic E-state index is 13.3. The minimum Gasteiger partial charge on any atom is -0.274 e. The van der Waals surface area contributed by atoms with Crippen molar-refractivity contribution >= 4 is 29.1 Å². The quantitative estimate of drug-likeness (QED) is 0.697. The summed E-state index contributed by atoms with van der Waals surface area (Å²) in [7, 11) is 0. The summed E-state index contributed by atoms with van der Waals surface area (Å²) in [5.41, 5.74) is 4.51. The van der Waals surface area contributed by atoms with Crippen LogP contribution in [0.25, 0.3) is 0 Å². The largest absolute Gasteiger partial charge is 0.274 e. The van der Waals surface area contributed by atoms with Gasteiger partial charge in [-0.25, -0.2) is 4.90 Å². The molecule has 2 aromatic rings. The number of aryl methyl sites for hydroxylation is 2. The summed E-state index contributed by atoms with van der Waals surface area (Å²) in [6, 6.07) is 13.6. The van der Waals surface area contributed by atoms with Crippen LogP contribution in [0.2, 0.25) is 5.02 Å². The molecule has 3 aliphatic rings. The molecule has 4 heteroatoms. The molecular formula is C23H22ClNO2. The fraction of sp³-hybridized carbons (Fsp3) is 0.391. The molecule has 0 N–H and O–H groups in total. The van der Waals surface area contributed by atoms with Crippen LogP contribution in [-0.2, 0) is 9.59 Å². The van der Waals surface area contributed by atoms with Gasteiger partial charge in [0, 0.05) is 5.02 Å². The van der Waals surface area contributed by atoms with Crippen molar-refractivity contribution in [3.8, 4) is 0 Å². The van der Waals surface area contributed by atoms with Gasteiger partial charge in [-0.3, -0.25) is 9.59 Å². The molecule has 5 atom stereocenters. The van der Waals surface area contributed by atoms with E-state index in [2.05, 4.69) is 32.0 Å². The molecule has 2 aromatic carbocycles. The smallest absolute Gasteiger partial charge is 0.237 e. The van der Waals surface area contributed by atoms with Crippen LogP contribution in [-0.4, -0.2) is 11.8 Å². The predicted molar refractivity (Wildman–Crippen MR) is 106 cm³/mol. The second-order valence-electron chi connectivity index (χ2n) is 8.41. The summed E-state index contributed by atoms with van der Waals surface area (Å²) < 4.78 is 0. The second-order valence-corrected chi connectivity index (χ2v) is 8.84. The molecule has 138 valence electrons. The molecule has 0 spiro atoms. The molecule has 5 rings (SSSR count). The van der Waals surface area contributed by atoms with Gasteiger partial charge < -0.3 is 0 Å². The van der Waals surface area contributed by atoms with Gasteiger partial charge in [0.2, 0.25) is 11.8 Å². The molecule has 2 aliphatic carbocycles. The van der Waals surface area contributed by atoms with Gasteiger partial charge in [-0.1, -0.05) is 41.4 Å². The van der Waals surface area contributed by atoms with Crippen molar-refractivity contribution in [2.75, 3.05) is 4.90 Å².